The highest BCUT2D eigenvalue weighted by Gasteiger charge is 2.12. The first-order chi connectivity index (χ1) is 14.9. The second kappa shape index (κ2) is 10.1. The standard InChI is InChI=1S/C28H24N2/c1-5-13-23(14-6-1)27(24-15-7-2-8-16-24)29-21-22-30-28(25-17-9-3-10-18-25)26-19-11-4-12-20-26/h1-22,27-28H/b29-21+,30-22+. The molecule has 0 saturated heterocycles. The normalized spacial score (nSPS) is 11.7. The fraction of sp³-hybridized carbons (Fsp3) is 0.0714. The molecule has 2 nitrogen and oxygen atoms in total. The topological polar surface area (TPSA) is 24.7 Å². The molecule has 4 aromatic carbocycles. The number of rotatable bonds is 7. The molecule has 0 aromatic heterocycles. The smallest absolute Gasteiger partial charge is 0.1000 e. The van der Waals surface area contributed by atoms with Gasteiger partial charge < -0.3 is 0 Å². The summed E-state index contributed by atoms with van der Waals surface area (Å²) in [5.41, 5.74) is 4.65. The molecule has 146 valence electrons. The molecule has 0 aliphatic heterocycles. The lowest BCUT2D eigenvalue weighted by atomic mass is 9.99. The zero-order valence-electron chi connectivity index (χ0n) is 16.8. The van der Waals surface area contributed by atoms with Crippen LogP contribution in [0.1, 0.15) is 34.3 Å². The maximum atomic E-state index is 4.85. The summed E-state index contributed by atoms with van der Waals surface area (Å²) in [7, 11) is 0. The highest BCUT2D eigenvalue weighted by molar-refractivity contribution is 6.16. The van der Waals surface area contributed by atoms with Crippen LogP contribution in [-0.2, 0) is 0 Å². The third kappa shape index (κ3) is 4.98. The van der Waals surface area contributed by atoms with Gasteiger partial charge >= 0.3 is 0 Å². The number of benzene rings is 4. The molecule has 0 fully saturated rings. The first kappa shape index (κ1) is 19.5. The van der Waals surface area contributed by atoms with E-state index in [0.717, 1.165) is 22.3 Å². The van der Waals surface area contributed by atoms with E-state index in [1.807, 2.05) is 36.7 Å². The van der Waals surface area contributed by atoms with Gasteiger partial charge in [0.15, 0.2) is 0 Å². The Morgan fingerprint density at radius 3 is 0.833 bits per heavy atom. The maximum Gasteiger partial charge on any atom is 0.1000 e. The van der Waals surface area contributed by atoms with Crippen LogP contribution in [0.3, 0.4) is 0 Å². The predicted octanol–water partition coefficient (Wildman–Crippen LogP) is 6.71. The van der Waals surface area contributed by atoms with Crippen LogP contribution in [-0.4, -0.2) is 12.4 Å². The molecule has 0 saturated carbocycles. The number of aliphatic imine (C=N–C) groups is 2. The Hall–Kier alpha value is -3.78. The molecule has 0 radical (unpaired) electrons. The average molecular weight is 389 g/mol. The van der Waals surface area contributed by atoms with E-state index in [9.17, 15) is 0 Å². The molecule has 4 aromatic rings. The van der Waals surface area contributed by atoms with Crippen molar-refractivity contribution >= 4 is 12.4 Å². The van der Waals surface area contributed by atoms with E-state index < -0.39 is 0 Å². The minimum absolute atomic E-state index is 0.0502. The summed E-state index contributed by atoms with van der Waals surface area (Å²) in [5.74, 6) is 0. The molecule has 0 spiro atoms. The third-order valence-electron chi connectivity index (χ3n) is 5.00. The van der Waals surface area contributed by atoms with E-state index in [2.05, 4.69) is 97.1 Å². The van der Waals surface area contributed by atoms with Gasteiger partial charge in [-0.15, -0.1) is 0 Å². The van der Waals surface area contributed by atoms with E-state index in [0.29, 0.717) is 0 Å². The Bertz CT molecular complexity index is 903. The van der Waals surface area contributed by atoms with Gasteiger partial charge in [0.05, 0.1) is 12.1 Å². The number of hydrogen-bond acceptors (Lipinski definition) is 2. The molecule has 0 unspecified atom stereocenters. The van der Waals surface area contributed by atoms with Gasteiger partial charge in [-0.3, -0.25) is 9.98 Å². The summed E-state index contributed by atoms with van der Waals surface area (Å²) in [5, 5.41) is 0. The van der Waals surface area contributed by atoms with Gasteiger partial charge in [0.1, 0.15) is 0 Å². The van der Waals surface area contributed by atoms with Crippen LogP contribution in [0.2, 0.25) is 0 Å². The van der Waals surface area contributed by atoms with Crippen molar-refractivity contribution in [2.24, 2.45) is 9.98 Å². The molecule has 30 heavy (non-hydrogen) atoms. The Kier molecular flexibility index (Phi) is 6.59. The van der Waals surface area contributed by atoms with E-state index >= 15 is 0 Å². The van der Waals surface area contributed by atoms with Crippen LogP contribution < -0.4 is 0 Å². The molecule has 2 heteroatoms. The highest BCUT2D eigenvalue weighted by Crippen LogP contribution is 2.26. The van der Waals surface area contributed by atoms with Gasteiger partial charge in [-0.2, -0.15) is 0 Å². The van der Waals surface area contributed by atoms with Gasteiger partial charge in [-0.1, -0.05) is 121 Å². The Morgan fingerprint density at radius 2 is 0.600 bits per heavy atom. The lowest BCUT2D eigenvalue weighted by Gasteiger charge is -2.14. The fourth-order valence-electron chi connectivity index (χ4n) is 3.52. The van der Waals surface area contributed by atoms with Crippen molar-refractivity contribution in [3.63, 3.8) is 0 Å². The minimum atomic E-state index is -0.0502. The maximum absolute atomic E-state index is 4.85. The van der Waals surface area contributed by atoms with Crippen molar-refractivity contribution in [1.29, 1.82) is 0 Å². The second-order valence-electron chi connectivity index (χ2n) is 7.04. The van der Waals surface area contributed by atoms with Crippen molar-refractivity contribution in [2.45, 2.75) is 12.1 Å². The lowest BCUT2D eigenvalue weighted by molar-refractivity contribution is 0.873. The van der Waals surface area contributed by atoms with Gasteiger partial charge in [-0.05, 0) is 22.3 Å². The van der Waals surface area contributed by atoms with Crippen molar-refractivity contribution in [3.8, 4) is 0 Å². The molecule has 4 rings (SSSR count). The Morgan fingerprint density at radius 1 is 0.367 bits per heavy atom. The number of hydrogen-bond donors (Lipinski definition) is 0. The van der Waals surface area contributed by atoms with E-state index in [4.69, 9.17) is 9.98 Å². The first-order valence-electron chi connectivity index (χ1n) is 10.2. The molecule has 0 N–H and O–H groups in total. The summed E-state index contributed by atoms with van der Waals surface area (Å²) >= 11 is 0. The molecule has 0 heterocycles. The van der Waals surface area contributed by atoms with Gasteiger partial charge in [0.2, 0.25) is 0 Å². The first-order valence-corrected chi connectivity index (χ1v) is 10.2. The summed E-state index contributed by atoms with van der Waals surface area (Å²) in [6.45, 7) is 0. The van der Waals surface area contributed by atoms with E-state index in [1.54, 1.807) is 0 Å². The quantitative estimate of drug-likeness (QED) is 0.314. The van der Waals surface area contributed by atoms with Crippen LogP contribution >= 0.6 is 0 Å². The summed E-state index contributed by atoms with van der Waals surface area (Å²) in [6, 6.07) is 41.3. The zero-order chi connectivity index (χ0) is 20.4. The molecule has 0 aliphatic rings. The van der Waals surface area contributed by atoms with Crippen molar-refractivity contribution < 1.29 is 0 Å². The lowest BCUT2D eigenvalue weighted by Crippen LogP contribution is -2.00. The van der Waals surface area contributed by atoms with Crippen LogP contribution in [0.25, 0.3) is 0 Å². The molecular weight excluding hydrogens is 364 g/mol. The molecule has 0 aliphatic carbocycles. The Balaban J connectivity index is 1.61. The highest BCUT2D eigenvalue weighted by atomic mass is 14.8. The second-order valence-corrected chi connectivity index (χ2v) is 7.04. The van der Waals surface area contributed by atoms with Crippen LogP contribution in [0, 0.1) is 0 Å². The third-order valence-corrected chi connectivity index (χ3v) is 5.00. The molecule has 0 bridgehead atoms. The SMILES string of the molecule is C(/C=N/C(c1ccccc1)c1ccccc1)=N\C(c1ccccc1)c1ccccc1. The van der Waals surface area contributed by atoms with Crippen molar-refractivity contribution in [2.75, 3.05) is 0 Å². The molecule has 0 atom stereocenters. The zero-order valence-corrected chi connectivity index (χ0v) is 16.8. The van der Waals surface area contributed by atoms with E-state index in [1.165, 1.54) is 0 Å². The minimum Gasteiger partial charge on any atom is -0.279 e. The largest absolute Gasteiger partial charge is 0.279 e. The van der Waals surface area contributed by atoms with Crippen LogP contribution in [0.15, 0.2) is 131 Å². The van der Waals surface area contributed by atoms with Crippen LogP contribution in [0.5, 0.6) is 0 Å². The van der Waals surface area contributed by atoms with Gasteiger partial charge in [0, 0.05) is 12.4 Å². The van der Waals surface area contributed by atoms with Crippen LogP contribution in [0.4, 0.5) is 0 Å². The molecular formula is C28H24N2. The van der Waals surface area contributed by atoms with Crippen molar-refractivity contribution in [3.05, 3.63) is 144 Å². The van der Waals surface area contributed by atoms with Crippen molar-refractivity contribution in [1.82, 2.24) is 0 Å². The average Bonchev–Trinajstić information content (AvgIpc) is 2.84. The summed E-state index contributed by atoms with van der Waals surface area (Å²) in [4.78, 5) is 9.70. The fourth-order valence-corrected chi connectivity index (χ4v) is 3.52. The van der Waals surface area contributed by atoms with E-state index in [-0.39, 0.29) is 12.1 Å². The summed E-state index contributed by atoms with van der Waals surface area (Å²) < 4.78 is 0. The molecule has 0 amide bonds. The monoisotopic (exact) mass is 388 g/mol. The van der Waals surface area contributed by atoms with Gasteiger partial charge in [-0.25, -0.2) is 0 Å². The Labute approximate surface area is 178 Å². The predicted molar refractivity (Wildman–Crippen MR) is 126 cm³/mol. The number of nitrogens with zero attached hydrogens (tertiary/aromatic N) is 2. The summed E-state index contributed by atoms with van der Waals surface area (Å²) in [6.07, 6.45) is 3.65. The van der Waals surface area contributed by atoms with Gasteiger partial charge in [0.25, 0.3) is 0 Å².